The number of ether oxygens (including phenoxy) is 2. The highest BCUT2D eigenvalue weighted by molar-refractivity contribution is 5.69. The lowest BCUT2D eigenvalue weighted by Crippen LogP contribution is -2.04. The van der Waals surface area contributed by atoms with Gasteiger partial charge in [-0.05, 0) is 41.8 Å². The average Bonchev–Trinajstić information content (AvgIpc) is 2.70. The summed E-state index contributed by atoms with van der Waals surface area (Å²) in [6.45, 7) is 3.23. The van der Waals surface area contributed by atoms with Gasteiger partial charge in [0.15, 0.2) is 0 Å². The van der Waals surface area contributed by atoms with Crippen molar-refractivity contribution >= 4 is 0 Å². The number of rotatable bonds is 7. The molecule has 3 aromatic rings. The number of halogens is 3. The van der Waals surface area contributed by atoms with Crippen molar-refractivity contribution in [1.29, 1.82) is 0 Å². The van der Waals surface area contributed by atoms with Crippen molar-refractivity contribution in [3.8, 4) is 22.9 Å². The van der Waals surface area contributed by atoms with Gasteiger partial charge in [0.1, 0.15) is 5.82 Å². The fourth-order valence-corrected chi connectivity index (χ4v) is 2.57. The van der Waals surface area contributed by atoms with E-state index in [1.807, 2.05) is 26.8 Å². The van der Waals surface area contributed by atoms with Gasteiger partial charge in [0.05, 0.1) is 12.8 Å². The average molecular weight is 405 g/mol. The van der Waals surface area contributed by atoms with Crippen LogP contribution in [0.2, 0.25) is 0 Å². The van der Waals surface area contributed by atoms with Crippen molar-refractivity contribution in [1.82, 2.24) is 15.0 Å². The van der Waals surface area contributed by atoms with Gasteiger partial charge < -0.3 is 9.47 Å². The zero-order valence-corrected chi connectivity index (χ0v) is 16.4. The van der Waals surface area contributed by atoms with Crippen LogP contribution >= 0.6 is 0 Å². The van der Waals surface area contributed by atoms with Crippen LogP contribution in [0.25, 0.3) is 11.1 Å². The smallest absolute Gasteiger partial charge is 0.388 e. The van der Waals surface area contributed by atoms with Crippen molar-refractivity contribution in [2.24, 2.45) is 0 Å². The summed E-state index contributed by atoms with van der Waals surface area (Å²) in [5, 5.41) is 0. The van der Waals surface area contributed by atoms with Crippen LogP contribution in [0.1, 0.15) is 31.9 Å². The lowest BCUT2D eigenvalue weighted by atomic mass is 10.0. The summed E-state index contributed by atoms with van der Waals surface area (Å²) in [7, 11) is 0. The van der Waals surface area contributed by atoms with Crippen LogP contribution in [-0.4, -0.2) is 28.2 Å². The Morgan fingerprint density at radius 1 is 1.00 bits per heavy atom. The molecule has 0 amide bonds. The minimum Gasteiger partial charge on any atom is -0.478 e. The number of nitrogens with zero attached hydrogens (tertiary/aromatic N) is 3. The summed E-state index contributed by atoms with van der Waals surface area (Å²) in [5.41, 5.74) is 2.63. The SMILES string of the molecule is CC.CCOc1ncc(Cc2cncc(F)c2)cc1-c1ccnc(OC(F)F)c1. The predicted octanol–water partition coefficient (Wildman–Crippen LogP) is 5.29. The zero-order chi connectivity index (χ0) is 21.2. The molecule has 154 valence electrons. The van der Waals surface area contributed by atoms with E-state index in [-0.39, 0.29) is 5.88 Å². The Labute approximate surface area is 167 Å². The van der Waals surface area contributed by atoms with Gasteiger partial charge in [-0.15, -0.1) is 0 Å². The van der Waals surface area contributed by atoms with Gasteiger partial charge in [-0.25, -0.2) is 14.4 Å². The second-order valence-corrected chi connectivity index (χ2v) is 5.58. The molecule has 5 nitrogen and oxygen atoms in total. The van der Waals surface area contributed by atoms with Gasteiger partial charge in [0, 0.05) is 36.6 Å². The maximum absolute atomic E-state index is 13.3. The Morgan fingerprint density at radius 2 is 1.76 bits per heavy atom. The largest absolute Gasteiger partial charge is 0.478 e. The molecule has 0 aliphatic rings. The van der Waals surface area contributed by atoms with Crippen molar-refractivity contribution in [2.45, 2.75) is 33.8 Å². The first kappa shape index (κ1) is 22.1. The third-order valence-corrected chi connectivity index (χ3v) is 3.61. The monoisotopic (exact) mass is 405 g/mol. The first-order valence-corrected chi connectivity index (χ1v) is 9.17. The minimum atomic E-state index is -2.97. The third-order valence-electron chi connectivity index (χ3n) is 3.61. The molecule has 0 spiro atoms. The fourth-order valence-electron chi connectivity index (χ4n) is 2.57. The number of hydrogen-bond acceptors (Lipinski definition) is 5. The molecule has 0 atom stereocenters. The standard InChI is InChI=1S/C19H16F3N3O2.C2H6/c1-2-26-18-16(14-3-4-24-17(8-14)27-19(21)22)7-13(10-25-18)5-12-6-15(20)11-23-9-12;1-2/h3-4,6-11,19H,2,5H2,1H3;1-2H3. The molecule has 3 heterocycles. The molecule has 0 fully saturated rings. The molecule has 3 aromatic heterocycles. The lowest BCUT2D eigenvalue weighted by Gasteiger charge is -2.12. The molecular weight excluding hydrogens is 383 g/mol. The molecule has 0 radical (unpaired) electrons. The Bertz CT molecular complexity index is 923. The van der Waals surface area contributed by atoms with E-state index in [4.69, 9.17) is 4.74 Å². The maximum atomic E-state index is 13.3. The Hall–Kier alpha value is -3.16. The van der Waals surface area contributed by atoms with E-state index in [1.54, 1.807) is 18.5 Å². The van der Waals surface area contributed by atoms with E-state index < -0.39 is 12.4 Å². The molecule has 0 aliphatic heterocycles. The molecule has 0 saturated heterocycles. The van der Waals surface area contributed by atoms with E-state index in [1.165, 1.54) is 18.3 Å². The highest BCUT2D eigenvalue weighted by Gasteiger charge is 2.13. The summed E-state index contributed by atoms with van der Waals surface area (Å²) in [6.07, 6.45) is 6.10. The molecule has 0 unspecified atom stereocenters. The lowest BCUT2D eigenvalue weighted by molar-refractivity contribution is -0.0528. The molecule has 29 heavy (non-hydrogen) atoms. The van der Waals surface area contributed by atoms with Gasteiger partial charge in [0.2, 0.25) is 11.8 Å². The van der Waals surface area contributed by atoms with Gasteiger partial charge in [0.25, 0.3) is 0 Å². The van der Waals surface area contributed by atoms with Crippen molar-refractivity contribution in [3.63, 3.8) is 0 Å². The van der Waals surface area contributed by atoms with Gasteiger partial charge in [-0.3, -0.25) is 4.98 Å². The second-order valence-electron chi connectivity index (χ2n) is 5.58. The summed E-state index contributed by atoms with van der Waals surface area (Å²) < 4.78 is 48.2. The van der Waals surface area contributed by atoms with Crippen molar-refractivity contribution in [3.05, 3.63) is 66.0 Å². The number of alkyl halides is 2. The maximum Gasteiger partial charge on any atom is 0.388 e. The molecule has 3 rings (SSSR count). The van der Waals surface area contributed by atoms with E-state index in [0.29, 0.717) is 35.6 Å². The number of aromatic nitrogens is 3. The van der Waals surface area contributed by atoms with Crippen LogP contribution < -0.4 is 9.47 Å². The molecule has 8 heteroatoms. The summed E-state index contributed by atoms with van der Waals surface area (Å²) in [6, 6.07) is 6.24. The first-order valence-electron chi connectivity index (χ1n) is 9.17. The molecule has 0 N–H and O–H groups in total. The van der Waals surface area contributed by atoms with Crippen molar-refractivity contribution < 1.29 is 22.6 Å². The molecule has 0 bridgehead atoms. The van der Waals surface area contributed by atoms with Crippen LogP contribution in [0.3, 0.4) is 0 Å². The predicted molar refractivity (Wildman–Crippen MR) is 104 cm³/mol. The van der Waals surface area contributed by atoms with Crippen LogP contribution in [0.4, 0.5) is 13.2 Å². The molecule has 0 saturated carbocycles. The summed E-state index contributed by atoms with van der Waals surface area (Å²) >= 11 is 0. The van der Waals surface area contributed by atoms with Crippen LogP contribution in [0, 0.1) is 5.82 Å². The third kappa shape index (κ3) is 6.44. The second kappa shape index (κ2) is 11.0. The Balaban J connectivity index is 0.00000145. The fraction of sp³-hybridized carbons (Fsp3) is 0.286. The quantitative estimate of drug-likeness (QED) is 0.534. The van der Waals surface area contributed by atoms with Crippen LogP contribution in [-0.2, 0) is 6.42 Å². The van der Waals surface area contributed by atoms with E-state index >= 15 is 0 Å². The number of hydrogen-bond donors (Lipinski definition) is 0. The molecular formula is C21H22F3N3O2. The Morgan fingerprint density at radius 3 is 2.45 bits per heavy atom. The highest BCUT2D eigenvalue weighted by Crippen LogP contribution is 2.31. The first-order chi connectivity index (χ1) is 14.0. The Kier molecular flexibility index (Phi) is 8.39. The highest BCUT2D eigenvalue weighted by atomic mass is 19.3. The van der Waals surface area contributed by atoms with E-state index in [2.05, 4.69) is 19.7 Å². The minimum absolute atomic E-state index is 0.204. The van der Waals surface area contributed by atoms with Crippen molar-refractivity contribution in [2.75, 3.05) is 6.61 Å². The topological polar surface area (TPSA) is 57.1 Å². The summed E-state index contributed by atoms with van der Waals surface area (Å²) in [5.74, 6) is -0.271. The van der Waals surface area contributed by atoms with Gasteiger partial charge >= 0.3 is 6.61 Å². The normalized spacial score (nSPS) is 10.3. The zero-order valence-electron chi connectivity index (χ0n) is 16.4. The van der Waals surface area contributed by atoms with E-state index in [9.17, 15) is 13.2 Å². The molecule has 0 aliphatic carbocycles. The van der Waals surface area contributed by atoms with Gasteiger partial charge in [-0.1, -0.05) is 13.8 Å². The summed E-state index contributed by atoms with van der Waals surface area (Å²) in [4.78, 5) is 11.9. The number of pyridine rings is 3. The van der Waals surface area contributed by atoms with Crippen LogP contribution in [0.15, 0.2) is 49.1 Å². The van der Waals surface area contributed by atoms with E-state index in [0.717, 1.165) is 11.8 Å². The van der Waals surface area contributed by atoms with Crippen LogP contribution in [0.5, 0.6) is 11.8 Å². The molecule has 0 aromatic carbocycles. The van der Waals surface area contributed by atoms with Gasteiger partial charge in [-0.2, -0.15) is 8.78 Å².